The van der Waals surface area contributed by atoms with Crippen LogP contribution in [0.4, 0.5) is 5.69 Å². The van der Waals surface area contributed by atoms with E-state index in [4.69, 9.17) is 0 Å². The van der Waals surface area contributed by atoms with Gasteiger partial charge in [-0.2, -0.15) is 0 Å². The second-order valence-electron chi connectivity index (χ2n) is 6.38. The van der Waals surface area contributed by atoms with Gasteiger partial charge in [0.1, 0.15) is 0 Å². The van der Waals surface area contributed by atoms with Crippen molar-refractivity contribution in [2.45, 2.75) is 19.3 Å². The molecule has 1 aliphatic heterocycles. The lowest BCUT2D eigenvalue weighted by atomic mass is 9.92. The second-order valence-corrected chi connectivity index (χ2v) is 6.38. The number of carbonyl (C=O) groups excluding carboxylic acids is 1. The molecule has 4 rings (SSSR count). The molecule has 24 heavy (non-hydrogen) atoms. The zero-order valence-corrected chi connectivity index (χ0v) is 14.9. The van der Waals surface area contributed by atoms with Crippen molar-refractivity contribution in [2.24, 2.45) is 11.3 Å². The lowest BCUT2D eigenvalue weighted by molar-refractivity contribution is -0.118. The zero-order valence-electron chi connectivity index (χ0n) is 13.3. The van der Waals surface area contributed by atoms with E-state index in [-0.39, 0.29) is 42.1 Å². The highest BCUT2D eigenvalue weighted by atomic mass is 35.5. The van der Waals surface area contributed by atoms with E-state index in [1.807, 2.05) is 35.0 Å². The monoisotopic (exact) mass is 368 g/mol. The Labute approximate surface area is 154 Å². The Morgan fingerprint density at radius 2 is 1.92 bits per heavy atom. The number of anilines is 1. The molecule has 2 aromatic rings. The van der Waals surface area contributed by atoms with Crippen molar-refractivity contribution >= 4 is 36.4 Å². The molecule has 0 radical (unpaired) electrons. The Morgan fingerprint density at radius 1 is 1.21 bits per heavy atom. The largest absolute Gasteiger partial charge is 0.326 e. The van der Waals surface area contributed by atoms with Crippen molar-refractivity contribution < 1.29 is 4.79 Å². The summed E-state index contributed by atoms with van der Waals surface area (Å²) in [5, 5.41) is 6.43. The molecule has 5 nitrogen and oxygen atoms in total. The van der Waals surface area contributed by atoms with Gasteiger partial charge in [0.15, 0.2) is 0 Å². The number of aromatic nitrogens is 2. The number of nitrogens with zero attached hydrogens (tertiary/aromatic N) is 2. The van der Waals surface area contributed by atoms with E-state index in [0.717, 1.165) is 43.7 Å². The molecule has 1 atom stereocenters. The zero-order chi connectivity index (χ0) is 15.0. The van der Waals surface area contributed by atoms with Gasteiger partial charge in [-0.05, 0) is 62.0 Å². The fourth-order valence-corrected chi connectivity index (χ4v) is 3.55. The topological polar surface area (TPSA) is 59.0 Å². The Hall–Kier alpha value is -1.56. The minimum atomic E-state index is 0. The van der Waals surface area contributed by atoms with Crippen LogP contribution in [0.15, 0.2) is 43.0 Å². The smallest absolute Gasteiger partial charge is 0.228 e. The summed E-state index contributed by atoms with van der Waals surface area (Å²) in [6, 6.07) is 7.88. The number of rotatable bonds is 3. The number of hydrogen-bond acceptors (Lipinski definition) is 3. The van der Waals surface area contributed by atoms with E-state index in [0.29, 0.717) is 0 Å². The molecule has 0 bridgehead atoms. The van der Waals surface area contributed by atoms with Gasteiger partial charge in [0.25, 0.3) is 0 Å². The van der Waals surface area contributed by atoms with Crippen LogP contribution in [0.3, 0.4) is 0 Å². The molecule has 1 aliphatic carbocycles. The highest BCUT2D eigenvalue weighted by Gasteiger charge is 2.57. The van der Waals surface area contributed by atoms with Gasteiger partial charge in [0, 0.05) is 29.7 Å². The van der Waals surface area contributed by atoms with E-state index in [1.54, 1.807) is 12.5 Å². The van der Waals surface area contributed by atoms with Gasteiger partial charge in [0.2, 0.25) is 5.91 Å². The molecule has 1 aromatic carbocycles. The molecular weight excluding hydrogens is 347 g/mol. The predicted molar refractivity (Wildman–Crippen MR) is 99.3 cm³/mol. The van der Waals surface area contributed by atoms with Crippen LogP contribution in [-0.4, -0.2) is 28.5 Å². The average molecular weight is 369 g/mol. The maximum absolute atomic E-state index is 12.4. The number of amides is 1. The van der Waals surface area contributed by atoms with E-state index in [9.17, 15) is 4.79 Å². The number of piperidine rings is 1. The number of nitrogens with one attached hydrogen (secondary N) is 2. The maximum Gasteiger partial charge on any atom is 0.228 e. The third-order valence-electron chi connectivity index (χ3n) is 5.04. The molecule has 1 spiro atoms. The first-order valence-corrected chi connectivity index (χ1v) is 7.87. The summed E-state index contributed by atoms with van der Waals surface area (Å²) in [5.41, 5.74) is 2.19. The quantitative estimate of drug-likeness (QED) is 0.874. The van der Waals surface area contributed by atoms with Crippen molar-refractivity contribution in [1.82, 2.24) is 14.9 Å². The summed E-state index contributed by atoms with van der Waals surface area (Å²) in [6.07, 6.45) is 8.72. The van der Waals surface area contributed by atoms with Gasteiger partial charge < -0.3 is 15.2 Å². The third kappa shape index (κ3) is 3.58. The van der Waals surface area contributed by atoms with E-state index >= 15 is 0 Å². The van der Waals surface area contributed by atoms with Crippen molar-refractivity contribution in [3.8, 4) is 5.69 Å². The minimum absolute atomic E-state index is 0. The number of benzene rings is 1. The highest BCUT2D eigenvalue weighted by molar-refractivity contribution is 5.95. The Bertz CT molecular complexity index is 666. The molecule has 1 aromatic heterocycles. The number of imidazole rings is 1. The minimum Gasteiger partial charge on any atom is -0.326 e. The van der Waals surface area contributed by atoms with E-state index < -0.39 is 0 Å². The van der Waals surface area contributed by atoms with Crippen LogP contribution in [0.5, 0.6) is 0 Å². The number of halogens is 2. The molecule has 1 unspecified atom stereocenters. The Kier molecular flexibility index (Phi) is 5.91. The standard InChI is InChI=1S/C17H20N4O.2ClH/c22-16(15-11-17(15)5-7-18-8-6-17)20-13-1-3-14(4-2-13)21-10-9-19-12-21;;/h1-4,9-10,12,15,18H,5-8,11H2,(H,20,22);2*1H. The fourth-order valence-electron chi connectivity index (χ4n) is 3.55. The molecule has 7 heteroatoms. The first-order valence-electron chi connectivity index (χ1n) is 7.87. The van der Waals surface area contributed by atoms with Crippen molar-refractivity contribution in [3.05, 3.63) is 43.0 Å². The normalized spacial score (nSPS) is 20.6. The summed E-state index contributed by atoms with van der Waals surface area (Å²) in [7, 11) is 0. The van der Waals surface area contributed by atoms with Crippen LogP contribution >= 0.6 is 24.8 Å². The molecular formula is C17H22Cl2N4O. The van der Waals surface area contributed by atoms with Gasteiger partial charge in [-0.15, -0.1) is 24.8 Å². The molecule has 2 aliphatic rings. The predicted octanol–water partition coefficient (Wildman–Crippen LogP) is 3.04. The van der Waals surface area contributed by atoms with Crippen LogP contribution in [-0.2, 0) is 4.79 Å². The summed E-state index contributed by atoms with van der Waals surface area (Å²) in [6.45, 7) is 2.09. The fraction of sp³-hybridized carbons (Fsp3) is 0.412. The van der Waals surface area contributed by atoms with Crippen LogP contribution in [0, 0.1) is 11.3 Å². The first kappa shape index (κ1) is 18.8. The van der Waals surface area contributed by atoms with E-state index in [1.165, 1.54) is 0 Å². The average Bonchev–Trinajstić information content (AvgIpc) is 3.00. The summed E-state index contributed by atoms with van der Waals surface area (Å²) < 4.78 is 1.94. The van der Waals surface area contributed by atoms with Crippen molar-refractivity contribution in [2.75, 3.05) is 18.4 Å². The van der Waals surface area contributed by atoms with Gasteiger partial charge in [0.05, 0.1) is 6.33 Å². The lowest BCUT2D eigenvalue weighted by Crippen LogP contribution is -2.31. The second kappa shape index (κ2) is 7.55. The SMILES string of the molecule is Cl.Cl.O=C(Nc1ccc(-n2ccnc2)cc1)C1CC12CCNCC2. The van der Waals surface area contributed by atoms with Gasteiger partial charge in [-0.25, -0.2) is 4.98 Å². The van der Waals surface area contributed by atoms with Crippen LogP contribution in [0.25, 0.3) is 5.69 Å². The summed E-state index contributed by atoms with van der Waals surface area (Å²) >= 11 is 0. The molecule has 2 N–H and O–H groups in total. The summed E-state index contributed by atoms with van der Waals surface area (Å²) in [5.74, 6) is 0.375. The molecule has 1 saturated carbocycles. The Morgan fingerprint density at radius 3 is 2.54 bits per heavy atom. The van der Waals surface area contributed by atoms with Crippen molar-refractivity contribution in [3.63, 3.8) is 0 Å². The molecule has 1 saturated heterocycles. The maximum atomic E-state index is 12.4. The molecule has 2 fully saturated rings. The van der Waals surface area contributed by atoms with Crippen LogP contribution in [0.1, 0.15) is 19.3 Å². The van der Waals surface area contributed by atoms with E-state index in [2.05, 4.69) is 15.6 Å². The third-order valence-corrected chi connectivity index (χ3v) is 5.04. The Balaban J connectivity index is 0.00000104. The summed E-state index contributed by atoms with van der Waals surface area (Å²) in [4.78, 5) is 16.5. The highest BCUT2D eigenvalue weighted by Crippen LogP contribution is 2.58. The van der Waals surface area contributed by atoms with Crippen molar-refractivity contribution in [1.29, 1.82) is 0 Å². The first-order chi connectivity index (χ1) is 10.8. The van der Waals surface area contributed by atoms with Crippen LogP contribution < -0.4 is 10.6 Å². The molecule has 130 valence electrons. The number of carbonyl (C=O) groups is 1. The van der Waals surface area contributed by atoms with Gasteiger partial charge in [-0.3, -0.25) is 4.79 Å². The van der Waals surface area contributed by atoms with Gasteiger partial charge >= 0.3 is 0 Å². The number of hydrogen-bond donors (Lipinski definition) is 2. The lowest BCUT2D eigenvalue weighted by Gasteiger charge is -2.23. The van der Waals surface area contributed by atoms with Gasteiger partial charge in [-0.1, -0.05) is 0 Å². The van der Waals surface area contributed by atoms with Crippen LogP contribution in [0.2, 0.25) is 0 Å². The molecule has 2 heterocycles. The molecule has 1 amide bonds.